The van der Waals surface area contributed by atoms with Gasteiger partial charge in [-0.1, -0.05) is 78.2 Å². The maximum absolute atomic E-state index is 11.5. The normalized spacial score (nSPS) is 14.3. The molecule has 2 unspecified atom stereocenters. The third-order valence-electron chi connectivity index (χ3n) is 4.85. The number of carbonyl (C=O) groups is 2. The third kappa shape index (κ3) is 12.7. The molecule has 0 aromatic rings. The molecule has 0 aromatic carbocycles. The van der Waals surface area contributed by atoms with Crippen molar-refractivity contribution in [2.75, 3.05) is 0 Å². The van der Waals surface area contributed by atoms with Crippen LogP contribution in [0.2, 0.25) is 0 Å². The lowest BCUT2D eigenvalue weighted by Crippen LogP contribution is -2.09. The predicted molar refractivity (Wildman–Crippen MR) is 103 cm³/mol. The number of aliphatic carboxylic acids is 2. The van der Waals surface area contributed by atoms with Gasteiger partial charge in [0.25, 0.3) is 0 Å². The molecule has 4 nitrogen and oxygen atoms in total. The lowest BCUT2D eigenvalue weighted by Gasteiger charge is -2.16. The summed E-state index contributed by atoms with van der Waals surface area (Å²) in [5.74, 6) is -1.33. The van der Waals surface area contributed by atoms with Crippen LogP contribution in [-0.4, -0.2) is 22.2 Å². The molecule has 25 heavy (non-hydrogen) atoms. The molecular weight excluding hydrogens is 316 g/mol. The average molecular weight is 355 g/mol. The van der Waals surface area contributed by atoms with Crippen LogP contribution in [0.5, 0.6) is 0 Å². The van der Waals surface area contributed by atoms with Crippen LogP contribution < -0.4 is 0 Å². The van der Waals surface area contributed by atoms with E-state index in [0.29, 0.717) is 24.3 Å². The van der Waals surface area contributed by atoms with E-state index in [0.717, 1.165) is 44.9 Å². The zero-order valence-electron chi connectivity index (χ0n) is 16.4. The van der Waals surface area contributed by atoms with Gasteiger partial charge in [-0.2, -0.15) is 0 Å². The summed E-state index contributed by atoms with van der Waals surface area (Å²) in [6, 6.07) is 0. The van der Waals surface area contributed by atoms with Crippen LogP contribution in [0.25, 0.3) is 0 Å². The van der Waals surface area contributed by atoms with E-state index in [4.69, 9.17) is 5.11 Å². The van der Waals surface area contributed by atoms with Gasteiger partial charge in [0.2, 0.25) is 0 Å². The van der Waals surface area contributed by atoms with Crippen molar-refractivity contribution in [3.63, 3.8) is 0 Å². The minimum absolute atomic E-state index is 0.289. The fourth-order valence-corrected chi connectivity index (χ4v) is 3.18. The van der Waals surface area contributed by atoms with Crippen LogP contribution in [0, 0.1) is 11.8 Å². The Hall–Kier alpha value is -1.32. The lowest BCUT2D eigenvalue weighted by molar-refractivity contribution is -0.141. The number of unbranched alkanes of at least 4 members (excludes halogenated alkanes) is 5. The summed E-state index contributed by atoms with van der Waals surface area (Å²) < 4.78 is 0. The highest BCUT2D eigenvalue weighted by molar-refractivity contribution is 5.86. The molecule has 0 bridgehead atoms. The second-order valence-electron chi connectivity index (χ2n) is 7.27. The van der Waals surface area contributed by atoms with E-state index in [9.17, 15) is 14.7 Å². The summed E-state index contributed by atoms with van der Waals surface area (Å²) in [7, 11) is 0. The van der Waals surface area contributed by atoms with Crippen LogP contribution >= 0.6 is 0 Å². The second kappa shape index (κ2) is 15.0. The number of hydrogen-bond acceptors (Lipinski definition) is 2. The quantitative estimate of drug-likeness (QED) is 0.261. The molecule has 146 valence electrons. The van der Waals surface area contributed by atoms with Crippen molar-refractivity contribution < 1.29 is 19.8 Å². The summed E-state index contributed by atoms with van der Waals surface area (Å²) in [4.78, 5) is 22.3. The van der Waals surface area contributed by atoms with E-state index in [1.54, 1.807) is 6.92 Å². The summed E-state index contributed by atoms with van der Waals surface area (Å²) >= 11 is 0. The Morgan fingerprint density at radius 1 is 0.880 bits per heavy atom. The molecule has 0 fully saturated rings. The predicted octanol–water partition coefficient (Wildman–Crippen LogP) is 6.06. The Balaban J connectivity index is 4.29. The first-order valence-electron chi connectivity index (χ1n) is 10.1. The van der Waals surface area contributed by atoms with Gasteiger partial charge in [0.15, 0.2) is 0 Å². The van der Waals surface area contributed by atoms with Crippen molar-refractivity contribution in [1.29, 1.82) is 0 Å². The van der Waals surface area contributed by atoms with Gasteiger partial charge in [0.05, 0.1) is 5.92 Å². The summed E-state index contributed by atoms with van der Waals surface area (Å²) in [6.45, 7) is 6.08. The molecule has 0 aromatic heterocycles. The Labute approximate surface area is 153 Å². The second-order valence-corrected chi connectivity index (χ2v) is 7.27. The van der Waals surface area contributed by atoms with Crippen LogP contribution in [0.3, 0.4) is 0 Å². The van der Waals surface area contributed by atoms with Gasteiger partial charge in [-0.15, -0.1) is 0 Å². The van der Waals surface area contributed by atoms with Crippen LogP contribution in [-0.2, 0) is 9.59 Å². The first-order valence-corrected chi connectivity index (χ1v) is 10.1. The molecule has 0 aliphatic heterocycles. The molecule has 0 saturated heterocycles. The topological polar surface area (TPSA) is 74.6 Å². The minimum Gasteiger partial charge on any atom is -0.481 e. The number of hydrogen-bond donors (Lipinski definition) is 2. The molecule has 0 aliphatic rings. The van der Waals surface area contributed by atoms with Gasteiger partial charge >= 0.3 is 11.9 Å². The minimum atomic E-state index is -0.781. The van der Waals surface area contributed by atoms with Gasteiger partial charge in [-0.25, -0.2) is 4.79 Å². The van der Waals surface area contributed by atoms with Crippen LogP contribution in [0.4, 0.5) is 0 Å². The Kier molecular flexibility index (Phi) is 14.2. The summed E-state index contributed by atoms with van der Waals surface area (Å²) in [5.41, 5.74) is 0.564. The molecule has 0 saturated carbocycles. The largest absolute Gasteiger partial charge is 0.481 e. The number of rotatable bonds is 16. The van der Waals surface area contributed by atoms with Crippen molar-refractivity contribution in [2.24, 2.45) is 11.8 Å². The van der Waals surface area contributed by atoms with Crippen molar-refractivity contribution in [3.05, 3.63) is 11.6 Å². The Morgan fingerprint density at radius 3 is 2.12 bits per heavy atom. The fourth-order valence-electron chi connectivity index (χ4n) is 3.18. The molecule has 4 heteroatoms. The highest BCUT2D eigenvalue weighted by atomic mass is 16.4. The lowest BCUT2D eigenvalue weighted by atomic mass is 9.89. The van der Waals surface area contributed by atoms with Crippen LogP contribution in [0.15, 0.2) is 11.6 Å². The molecular formula is C21H38O4. The van der Waals surface area contributed by atoms with Gasteiger partial charge in [-0.3, -0.25) is 4.79 Å². The standard InChI is InChI=1S/C21H38O4/c1-4-6-9-14-18(12-5-2)16-19(21(24)25)15-11-8-7-10-13-17(3)20(22)23/h15,17-18H,4-14,16H2,1-3H3,(H,22,23)(H,24,25). The Bertz CT molecular complexity index is 401. The summed E-state index contributed by atoms with van der Waals surface area (Å²) in [5, 5.41) is 18.3. The molecule has 0 amide bonds. The highest BCUT2D eigenvalue weighted by Crippen LogP contribution is 2.24. The van der Waals surface area contributed by atoms with Crippen molar-refractivity contribution in [3.8, 4) is 0 Å². The number of allylic oxidation sites excluding steroid dienone is 1. The zero-order valence-corrected chi connectivity index (χ0v) is 16.4. The fraction of sp³-hybridized carbons (Fsp3) is 0.810. The molecule has 0 radical (unpaired) electrons. The van der Waals surface area contributed by atoms with E-state index < -0.39 is 11.9 Å². The van der Waals surface area contributed by atoms with E-state index in [-0.39, 0.29) is 5.92 Å². The van der Waals surface area contributed by atoms with Gasteiger partial charge < -0.3 is 10.2 Å². The van der Waals surface area contributed by atoms with Gasteiger partial charge in [0, 0.05) is 5.57 Å². The molecule has 0 rings (SSSR count). The maximum atomic E-state index is 11.5. The van der Waals surface area contributed by atoms with Crippen molar-refractivity contribution in [2.45, 2.75) is 97.8 Å². The monoisotopic (exact) mass is 354 g/mol. The molecule has 2 N–H and O–H groups in total. The molecule has 0 heterocycles. The van der Waals surface area contributed by atoms with Crippen LogP contribution in [0.1, 0.15) is 97.8 Å². The van der Waals surface area contributed by atoms with E-state index in [2.05, 4.69) is 13.8 Å². The van der Waals surface area contributed by atoms with Gasteiger partial charge in [0.1, 0.15) is 0 Å². The van der Waals surface area contributed by atoms with E-state index in [1.807, 2.05) is 6.08 Å². The average Bonchev–Trinajstić information content (AvgIpc) is 2.56. The van der Waals surface area contributed by atoms with E-state index >= 15 is 0 Å². The maximum Gasteiger partial charge on any atom is 0.331 e. The van der Waals surface area contributed by atoms with Crippen molar-refractivity contribution in [1.82, 2.24) is 0 Å². The summed E-state index contributed by atoms with van der Waals surface area (Å²) in [6.07, 6.45) is 13.8. The number of carboxylic acids is 2. The highest BCUT2D eigenvalue weighted by Gasteiger charge is 2.15. The zero-order chi connectivity index (χ0) is 19.1. The van der Waals surface area contributed by atoms with Crippen molar-refractivity contribution >= 4 is 11.9 Å². The molecule has 0 spiro atoms. The number of carboxylic acid groups (broad SMARTS) is 2. The van der Waals surface area contributed by atoms with Gasteiger partial charge in [-0.05, 0) is 31.6 Å². The first-order chi connectivity index (χ1) is 11.9. The molecule has 2 atom stereocenters. The SMILES string of the molecule is CCCCCC(CCC)CC(=CCCCCCC(C)C(=O)O)C(=O)O. The first kappa shape index (κ1) is 23.7. The third-order valence-corrected chi connectivity index (χ3v) is 4.85. The van der Waals surface area contributed by atoms with E-state index in [1.165, 1.54) is 19.3 Å². The Morgan fingerprint density at radius 2 is 1.56 bits per heavy atom. The smallest absolute Gasteiger partial charge is 0.331 e. The molecule has 0 aliphatic carbocycles.